The Kier molecular flexibility index (Phi) is 10.6. The number of amides is 1. The number of hydrogen-bond donors (Lipinski definition) is 3. The summed E-state index contributed by atoms with van der Waals surface area (Å²) >= 11 is 23.2. The SMILES string of the molecule is CCCCCCCC(=O)N[C@H](NC(=S)Nc1ccc(C)cc1)C(Cl)(Cl)Cl. The molecule has 1 amide bonds. The molecular weight excluding hydrogens is 413 g/mol. The highest BCUT2D eigenvalue weighted by molar-refractivity contribution is 7.80. The number of thiocarbonyl (C=S) groups is 1. The van der Waals surface area contributed by atoms with Crippen molar-refractivity contribution in [3.63, 3.8) is 0 Å². The summed E-state index contributed by atoms with van der Waals surface area (Å²) in [4.78, 5) is 12.1. The molecule has 1 atom stereocenters. The zero-order chi connectivity index (χ0) is 19.6. The van der Waals surface area contributed by atoms with Crippen LogP contribution in [0.2, 0.25) is 0 Å². The number of anilines is 1. The van der Waals surface area contributed by atoms with Crippen LogP contribution < -0.4 is 16.0 Å². The number of unbranched alkanes of at least 4 members (excludes halogenated alkanes) is 4. The first-order valence-electron chi connectivity index (χ1n) is 8.72. The van der Waals surface area contributed by atoms with Crippen molar-refractivity contribution < 1.29 is 4.79 Å². The number of rotatable bonds is 9. The fourth-order valence-corrected chi connectivity index (χ4v) is 2.82. The third-order valence-corrected chi connectivity index (χ3v) is 4.60. The molecule has 0 aliphatic heterocycles. The molecule has 1 aromatic rings. The molecule has 26 heavy (non-hydrogen) atoms. The molecule has 0 unspecified atom stereocenters. The number of hydrogen-bond acceptors (Lipinski definition) is 2. The summed E-state index contributed by atoms with van der Waals surface area (Å²) in [5.41, 5.74) is 1.94. The molecule has 0 radical (unpaired) electrons. The summed E-state index contributed by atoms with van der Waals surface area (Å²) in [7, 11) is 0. The monoisotopic (exact) mass is 437 g/mol. The Balaban J connectivity index is 2.51. The predicted octanol–water partition coefficient (Wildman–Crippen LogP) is 5.45. The van der Waals surface area contributed by atoms with E-state index in [-0.39, 0.29) is 11.0 Å². The van der Waals surface area contributed by atoms with Crippen LogP contribution in [0.15, 0.2) is 24.3 Å². The fourth-order valence-electron chi connectivity index (χ4n) is 2.26. The average molecular weight is 439 g/mol. The summed E-state index contributed by atoms with van der Waals surface area (Å²) < 4.78 is -1.74. The van der Waals surface area contributed by atoms with Gasteiger partial charge >= 0.3 is 0 Å². The van der Waals surface area contributed by atoms with Gasteiger partial charge in [0.2, 0.25) is 9.70 Å². The number of halogens is 3. The first-order chi connectivity index (χ1) is 12.2. The lowest BCUT2D eigenvalue weighted by Crippen LogP contribution is -2.56. The van der Waals surface area contributed by atoms with Crippen LogP contribution in [0.4, 0.5) is 5.69 Å². The molecule has 8 heteroatoms. The zero-order valence-corrected chi connectivity index (χ0v) is 18.2. The van der Waals surface area contributed by atoms with E-state index in [0.29, 0.717) is 6.42 Å². The van der Waals surface area contributed by atoms with Crippen LogP contribution in [0.1, 0.15) is 51.0 Å². The van der Waals surface area contributed by atoms with Gasteiger partial charge in [-0.05, 0) is 37.7 Å². The maximum Gasteiger partial charge on any atom is 0.228 e. The summed E-state index contributed by atoms with van der Waals surface area (Å²) in [6.45, 7) is 4.15. The molecule has 0 heterocycles. The van der Waals surface area contributed by atoms with Crippen molar-refractivity contribution in [1.29, 1.82) is 0 Å². The highest BCUT2D eigenvalue weighted by Crippen LogP contribution is 2.29. The quantitative estimate of drug-likeness (QED) is 0.207. The van der Waals surface area contributed by atoms with Crippen molar-refractivity contribution >= 4 is 63.7 Å². The minimum Gasteiger partial charge on any atom is -0.339 e. The lowest BCUT2D eigenvalue weighted by atomic mass is 10.1. The number of alkyl halides is 3. The number of benzene rings is 1. The predicted molar refractivity (Wildman–Crippen MR) is 116 cm³/mol. The van der Waals surface area contributed by atoms with Gasteiger partial charge in [-0.15, -0.1) is 0 Å². The van der Waals surface area contributed by atoms with Crippen molar-refractivity contribution in [2.45, 2.75) is 62.3 Å². The summed E-state index contributed by atoms with van der Waals surface area (Å²) in [5.74, 6) is -0.177. The van der Waals surface area contributed by atoms with Crippen LogP contribution in [0, 0.1) is 6.92 Å². The first kappa shape index (κ1) is 23.3. The standard InChI is InChI=1S/C18H26Cl3N3OS/c1-3-4-5-6-7-8-15(25)23-16(18(19,20)21)24-17(26)22-14-11-9-13(2)10-12-14/h9-12,16H,3-8H2,1-2H3,(H,23,25)(H2,22,24,26)/t16-/m1/s1. The Morgan fingerprint density at radius 3 is 2.27 bits per heavy atom. The van der Waals surface area contributed by atoms with E-state index in [4.69, 9.17) is 47.0 Å². The van der Waals surface area contributed by atoms with Crippen molar-refractivity contribution in [3.05, 3.63) is 29.8 Å². The molecule has 0 aromatic heterocycles. The van der Waals surface area contributed by atoms with E-state index in [1.54, 1.807) is 0 Å². The molecule has 3 N–H and O–H groups in total. The molecule has 146 valence electrons. The van der Waals surface area contributed by atoms with E-state index in [9.17, 15) is 4.79 Å². The van der Waals surface area contributed by atoms with Gasteiger partial charge in [-0.3, -0.25) is 4.79 Å². The number of nitrogens with one attached hydrogen (secondary N) is 3. The molecule has 0 aliphatic rings. The number of carbonyl (C=O) groups excluding carboxylic acids is 1. The molecule has 1 aromatic carbocycles. The van der Waals surface area contributed by atoms with E-state index < -0.39 is 9.96 Å². The van der Waals surface area contributed by atoms with Gasteiger partial charge in [0.15, 0.2) is 5.11 Å². The van der Waals surface area contributed by atoms with Gasteiger partial charge in [0.1, 0.15) is 6.17 Å². The van der Waals surface area contributed by atoms with Gasteiger partial charge in [-0.2, -0.15) is 0 Å². The molecule has 0 aliphatic carbocycles. The van der Waals surface area contributed by atoms with E-state index in [1.807, 2.05) is 31.2 Å². The van der Waals surface area contributed by atoms with Crippen LogP contribution in [-0.4, -0.2) is 21.0 Å². The minimum atomic E-state index is -1.74. The smallest absolute Gasteiger partial charge is 0.228 e. The lowest BCUT2D eigenvalue weighted by Gasteiger charge is -2.27. The van der Waals surface area contributed by atoms with Crippen LogP contribution in [0.5, 0.6) is 0 Å². The average Bonchev–Trinajstić information content (AvgIpc) is 2.55. The van der Waals surface area contributed by atoms with Gasteiger partial charge in [-0.1, -0.05) is 85.1 Å². The molecule has 0 saturated heterocycles. The van der Waals surface area contributed by atoms with Crippen molar-refractivity contribution in [1.82, 2.24) is 10.6 Å². The minimum absolute atomic E-state index is 0.177. The highest BCUT2D eigenvalue weighted by Gasteiger charge is 2.34. The second-order valence-electron chi connectivity index (χ2n) is 6.17. The largest absolute Gasteiger partial charge is 0.339 e. The van der Waals surface area contributed by atoms with Crippen LogP contribution >= 0.6 is 47.0 Å². The lowest BCUT2D eigenvalue weighted by molar-refractivity contribution is -0.122. The molecule has 0 fully saturated rings. The normalized spacial score (nSPS) is 12.3. The third kappa shape index (κ3) is 9.81. The summed E-state index contributed by atoms with van der Waals surface area (Å²) in [6.07, 6.45) is 4.75. The topological polar surface area (TPSA) is 53.2 Å². The van der Waals surface area contributed by atoms with Crippen LogP contribution in [0.25, 0.3) is 0 Å². The van der Waals surface area contributed by atoms with Gasteiger partial charge in [0, 0.05) is 12.1 Å². The van der Waals surface area contributed by atoms with Crippen LogP contribution in [-0.2, 0) is 4.79 Å². The second-order valence-corrected chi connectivity index (χ2v) is 8.95. The summed E-state index contributed by atoms with van der Waals surface area (Å²) in [5, 5.41) is 8.82. The maximum absolute atomic E-state index is 12.1. The van der Waals surface area contributed by atoms with E-state index in [2.05, 4.69) is 22.9 Å². The van der Waals surface area contributed by atoms with Gasteiger partial charge in [-0.25, -0.2) is 0 Å². The van der Waals surface area contributed by atoms with Crippen molar-refractivity contribution in [2.75, 3.05) is 5.32 Å². The molecular formula is C18H26Cl3N3OS. The Labute approximate surface area is 176 Å². The Hall–Kier alpha value is -0.750. The fraction of sp³-hybridized carbons (Fsp3) is 0.556. The summed E-state index contributed by atoms with van der Waals surface area (Å²) in [6, 6.07) is 7.69. The molecule has 0 spiro atoms. The first-order valence-corrected chi connectivity index (χ1v) is 10.3. The van der Waals surface area contributed by atoms with Crippen LogP contribution in [0.3, 0.4) is 0 Å². The third-order valence-electron chi connectivity index (χ3n) is 3.72. The molecule has 4 nitrogen and oxygen atoms in total. The van der Waals surface area contributed by atoms with Crippen molar-refractivity contribution in [2.24, 2.45) is 0 Å². The van der Waals surface area contributed by atoms with Crippen molar-refractivity contribution in [3.8, 4) is 0 Å². The highest BCUT2D eigenvalue weighted by atomic mass is 35.6. The molecule has 0 saturated carbocycles. The van der Waals surface area contributed by atoms with E-state index >= 15 is 0 Å². The van der Waals surface area contributed by atoms with E-state index in [0.717, 1.165) is 36.9 Å². The zero-order valence-electron chi connectivity index (χ0n) is 15.1. The molecule has 1 rings (SSSR count). The van der Waals surface area contributed by atoms with Gasteiger partial charge < -0.3 is 16.0 Å². The number of carbonyl (C=O) groups is 1. The Morgan fingerprint density at radius 2 is 1.69 bits per heavy atom. The van der Waals surface area contributed by atoms with Gasteiger partial charge in [0.05, 0.1) is 0 Å². The second kappa shape index (κ2) is 11.9. The Morgan fingerprint density at radius 1 is 1.08 bits per heavy atom. The Bertz CT molecular complexity index is 576. The maximum atomic E-state index is 12.1. The van der Waals surface area contributed by atoms with Gasteiger partial charge in [0.25, 0.3) is 0 Å². The molecule has 0 bridgehead atoms. The van der Waals surface area contributed by atoms with E-state index in [1.165, 1.54) is 6.42 Å². The number of aryl methyl sites for hydroxylation is 1.